The summed E-state index contributed by atoms with van der Waals surface area (Å²) in [5, 5.41) is 3.64. The fourth-order valence-corrected chi connectivity index (χ4v) is 3.08. The third-order valence-corrected chi connectivity index (χ3v) is 4.50. The molecule has 15 heavy (non-hydrogen) atoms. The third-order valence-electron chi connectivity index (χ3n) is 3.37. The topological polar surface area (TPSA) is 15.3 Å². The van der Waals surface area contributed by atoms with Gasteiger partial charge in [0, 0.05) is 43.2 Å². The Morgan fingerprint density at radius 2 is 2.13 bits per heavy atom. The molecule has 1 saturated carbocycles. The quantitative estimate of drug-likeness (QED) is 0.772. The summed E-state index contributed by atoms with van der Waals surface area (Å²) in [7, 11) is 0. The maximum atomic E-state index is 3.64. The zero-order valence-corrected chi connectivity index (χ0v) is 10.9. The van der Waals surface area contributed by atoms with E-state index in [0.717, 1.165) is 12.0 Å². The minimum Gasteiger partial charge on any atom is -0.311 e. The lowest BCUT2D eigenvalue weighted by Crippen LogP contribution is -2.48. The normalized spacial score (nSPS) is 27.6. The molecule has 2 fully saturated rings. The van der Waals surface area contributed by atoms with Crippen LogP contribution in [0.2, 0.25) is 0 Å². The molecule has 1 N–H and O–H groups in total. The van der Waals surface area contributed by atoms with E-state index in [9.17, 15) is 0 Å². The van der Waals surface area contributed by atoms with E-state index in [1.54, 1.807) is 0 Å². The predicted octanol–water partition coefficient (Wildman–Crippen LogP) is 1.81. The van der Waals surface area contributed by atoms with Gasteiger partial charge >= 0.3 is 0 Å². The molecule has 1 heterocycles. The van der Waals surface area contributed by atoms with Gasteiger partial charge in [-0.3, -0.25) is 4.90 Å². The summed E-state index contributed by atoms with van der Waals surface area (Å²) in [6, 6.07) is 1.43. The van der Waals surface area contributed by atoms with Crippen LogP contribution in [0.4, 0.5) is 0 Å². The molecular weight excluding hydrogens is 204 g/mol. The smallest absolute Gasteiger partial charge is 0.0286 e. The van der Waals surface area contributed by atoms with Crippen molar-refractivity contribution in [2.75, 3.05) is 31.1 Å². The molecule has 0 bridgehead atoms. The molecule has 2 aliphatic rings. The van der Waals surface area contributed by atoms with Gasteiger partial charge in [0.2, 0.25) is 0 Å². The van der Waals surface area contributed by atoms with E-state index >= 15 is 0 Å². The highest BCUT2D eigenvalue weighted by Gasteiger charge is 2.27. The Morgan fingerprint density at radius 1 is 1.33 bits per heavy atom. The first kappa shape index (κ1) is 11.7. The van der Waals surface area contributed by atoms with E-state index in [-0.39, 0.29) is 0 Å². The molecule has 0 aromatic heterocycles. The fourth-order valence-electron chi connectivity index (χ4n) is 2.15. The second kappa shape index (κ2) is 5.55. The highest BCUT2D eigenvalue weighted by atomic mass is 32.2. The fraction of sp³-hybridized carbons (Fsp3) is 1.00. The molecule has 0 aromatic carbocycles. The van der Waals surface area contributed by atoms with Crippen LogP contribution in [0, 0.1) is 5.92 Å². The number of rotatable bonds is 5. The van der Waals surface area contributed by atoms with Crippen LogP contribution >= 0.6 is 11.8 Å². The van der Waals surface area contributed by atoms with E-state index in [0.29, 0.717) is 6.04 Å². The van der Waals surface area contributed by atoms with E-state index in [1.165, 1.54) is 44.0 Å². The molecule has 1 atom stereocenters. The maximum Gasteiger partial charge on any atom is 0.0286 e. The minimum absolute atomic E-state index is 0.708. The highest BCUT2D eigenvalue weighted by Crippen LogP contribution is 2.30. The summed E-state index contributed by atoms with van der Waals surface area (Å²) in [6.45, 7) is 8.45. The van der Waals surface area contributed by atoms with Crippen LogP contribution in [0.1, 0.15) is 26.7 Å². The average Bonchev–Trinajstić information content (AvgIpc) is 3.02. The first-order valence-electron chi connectivity index (χ1n) is 6.31. The lowest BCUT2D eigenvalue weighted by molar-refractivity contribution is 0.194. The Balaban J connectivity index is 1.75. The largest absolute Gasteiger partial charge is 0.311 e. The van der Waals surface area contributed by atoms with Gasteiger partial charge in [0.25, 0.3) is 0 Å². The van der Waals surface area contributed by atoms with E-state index in [2.05, 4.69) is 35.8 Å². The van der Waals surface area contributed by atoms with Crippen LogP contribution < -0.4 is 5.32 Å². The zero-order chi connectivity index (χ0) is 10.7. The van der Waals surface area contributed by atoms with Gasteiger partial charge in [-0.2, -0.15) is 11.8 Å². The lowest BCUT2D eigenvalue weighted by atomic mass is 10.2. The second-order valence-electron chi connectivity index (χ2n) is 5.22. The Kier molecular flexibility index (Phi) is 4.35. The maximum absolute atomic E-state index is 3.64. The van der Waals surface area contributed by atoms with E-state index < -0.39 is 0 Å². The Morgan fingerprint density at radius 3 is 2.67 bits per heavy atom. The van der Waals surface area contributed by atoms with Crippen LogP contribution in [-0.2, 0) is 0 Å². The van der Waals surface area contributed by atoms with Crippen LogP contribution in [0.5, 0.6) is 0 Å². The Bertz CT molecular complexity index is 186. The van der Waals surface area contributed by atoms with E-state index in [1.807, 2.05) is 0 Å². The summed E-state index contributed by atoms with van der Waals surface area (Å²) >= 11 is 2.10. The molecule has 0 aromatic rings. The standard InChI is InChI=1S/C12H24N2S/c1-10(2)14(7-11-3-4-11)8-12-9-15-6-5-13-12/h10-13H,3-9H2,1-2H3. The molecule has 0 amide bonds. The monoisotopic (exact) mass is 228 g/mol. The van der Waals surface area contributed by atoms with Gasteiger partial charge in [-0.05, 0) is 32.6 Å². The van der Waals surface area contributed by atoms with Crippen molar-refractivity contribution in [3.05, 3.63) is 0 Å². The molecule has 3 heteroatoms. The van der Waals surface area contributed by atoms with Crippen LogP contribution in [0.15, 0.2) is 0 Å². The Labute approximate surface area is 98.2 Å². The lowest BCUT2D eigenvalue weighted by Gasteiger charge is -2.33. The third kappa shape index (κ3) is 3.97. The average molecular weight is 228 g/mol. The molecule has 1 unspecified atom stereocenters. The summed E-state index contributed by atoms with van der Waals surface area (Å²) in [5.41, 5.74) is 0. The highest BCUT2D eigenvalue weighted by molar-refractivity contribution is 7.99. The number of hydrogen-bond acceptors (Lipinski definition) is 3. The number of thioether (sulfide) groups is 1. The van der Waals surface area contributed by atoms with Crippen molar-refractivity contribution in [3.63, 3.8) is 0 Å². The molecule has 88 valence electrons. The van der Waals surface area contributed by atoms with Gasteiger partial charge in [-0.15, -0.1) is 0 Å². The van der Waals surface area contributed by atoms with Gasteiger partial charge < -0.3 is 5.32 Å². The molecule has 1 saturated heterocycles. The molecule has 1 aliphatic heterocycles. The first-order valence-corrected chi connectivity index (χ1v) is 7.46. The van der Waals surface area contributed by atoms with Crippen molar-refractivity contribution >= 4 is 11.8 Å². The molecule has 2 nitrogen and oxygen atoms in total. The minimum atomic E-state index is 0.708. The zero-order valence-electron chi connectivity index (χ0n) is 10.0. The van der Waals surface area contributed by atoms with Gasteiger partial charge in [-0.1, -0.05) is 0 Å². The van der Waals surface area contributed by atoms with E-state index in [4.69, 9.17) is 0 Å². The molecular formula is C12H24N2S. The number of nitrogens with zero attached hydrogens (tertiary/aromatic N) is 1. The Hall–Kier alpha value is 0.270. The summed E-state index contributed by atoms with van der Waals surface area (Å²) in [4.78, 5) is 2.67. The molecule has 2 rings (SSSR count). The van der Waals surface area contributed by atoms with Crippen molar-refractivity contribution in [2.24, 2.45) is 5.92 Å². The van der Waals surface area contributed by atoms with Gasteiger partial charge in [0.05, 0.1) is 0 Å². The van der Waals surface area contributed by atoms with Gasteiger partial charge in [-0.25, -0.2) is 0 Å². The van der Waals surface area contributed by atoms with Crippen molar-refractivity contribution in [3.8, 4) is 0 Å². The first-order chi connectivity index (χ1) is 7.25. The van der Waals surface area contributed by atoms with Crippen LogP contribution in [0.25, 0.3) is 0 Å². The second-order valence-corrected chi connectivity index (χ2v) is 6.37. The number of hydrogen-bond donors (Lipinski definition) is 1. The van der Waals surface area contributed by atoms with Crippen LogP contribution in [0.3, 0.4) is 0 Å². The van der Waals surface area contributed by atoms with Crippen molar-refractivity contribution in [2.45, 2.75) is 38.8 Å². The van der Waals surface area contributed by atoms with Crippen molar-refractivity contribution in [1.82, 2.24) is 10.2 Å². The summed E-state index contributed by atoms with van der Waals surface area (Å²) < 4.78 is 0. The SMILES string of the molecule is CC(C)N(CC1CC1)CC1CSCCN1. The summed E-state index contributed by atoms with van der Waals surface area (Å²) in [6.07, 6.45) is 2.94. The molecule has 0 spiro atoms. The van der Waals surface area contributed by atoms with Crippen molar-refractivity contribution < 1.29 is 0 Å². The van der Waals surface area contributed by atoms with Gasteiger partial charge in [0.1, 0.15) is 0 Å². The molecule has 1 aliphatic carbocycles. The summed E-state index contributed by atoms with van der Waals surface area (Å²) in [5.74, 6) is 3.61. The van der Waals surface area contributed by atoms with Crippen LogP contribution in [-0.4, -0.2) is 48.1 Å². The molecule has 0 radical (unpaired) electrons. The van der Waals surface area contributed by atoms with Gasteiger partial charge in [0.15, 0.2) is 0 Å². The predicted molar refractivity (Wildman–Crippen MR) is 68.5 cm³/mol. The number of nitrogens with one attached hydrogen (secondary N) is 1. The van der Waals surface area contributed by atoms with Crippen molar-refractivity contribution in [1.29, 1.82) is 0 Å².